The van der Waals surface area contributed by atoms with Crippen LogP contribution in [0.1, 0.15) is 12.0 Å². The summed E-state index contributed by atoms with van der Waals surface area (Å²) in [5.41, 5.74) is 1.15. The first-order chi connectivity index (χ1) is 11.8. The highest BCUT2D eigenvalue weighted by atomic mass is 16.5. The maximum Gasteiger partial charge on any atom is 0.257 e. The highest BCUT2D eigenvalue weighted by Crippen LogP contribution is 2.25. The van der Waals surface area contributed by atoms with Crippen LogP contribution in [0.2, 0.25) is 0 Å². The van der Waals surface area contributed by atoms with Crippen molar-refractivity contribution in [3.8, 4) is 11.5 Å². The lowest BCUT2D eigenvalue weighted by Gasteiger charge is -2.10. The Hall–Kier alpha value is -2.53. The maximum absolute atomic E-state index is 11.8. The molecule has 24 heavy (non-hydrogen) atoms. The van der Waals surface area contributed by atoms with Crippen molar-refractivity contribution in [1.82, 2.24) is 5.32 Å². The fourth-order valence-corrected chi connectivity index (χ4v) is 2.10. The lowest BCUT2D eigenvalue weighted by Crippen LogP contribution is -2.30. The second-order valence-electron chi connectivity index (χ2n) is 5.18. The Balaban J connectivity index is 1.55. The summed E-state index contributed by atoms with van der Waals surface area (Å²) in [6.45, 7) is 1.71. The molecular weight excluding hydrogens is 306 g/mol. The van der Waals surface area contributed by atoms with Crippen molar-refractivity contribution < 1.29 is 19.0 Å². The van der Waals surface area contributed by atoms with E-state index in [0.29, 0.717) is 31.3 Å². The van der Waals surface area contributed by atoms with E-state index in [1.54, 1.807) is 19.2 Å². The van der Waals surface area contributed by atoms with E-state index in [2.05, 4.69) is 5.32 Å². The van der Waals surface area contributed by atoms with Gasteiger partial charge in [0.15, 0.2) is 18.1 Å². The number of amides is 1. The summed E-state index contributed by atoms with van der Waals surface area (Å²) in [6, 6.07) is 17.2. The molecule has 0 aromatic heterocycles. The Labute approximate surface area is 142 Å². The molecule has 0 unspecified atom stereocenters. The van der Waals surface area contributed by atoms with Gasteiger partial charge in [0.25, 0.3) is 5.91 Å². The number of hydrogen-bond acceptors (Lipinski definition) is 4. The molecule has 1 amide bonds. The standard InChI is InChI=1S/C19H23NO4/c1-22-17-10-5-6-11-18(17)24-15-19(21)20-12-7-13-23-14-16-8-3-2-4-9-16/h2-6,8-11H,7,12-15H2,1H3,(H,20,21). The second kappa shape index (κ2) is 10.3. The highest BCUT2D eigenvalue weighted by molar-refractivity contribution is 5.77. The van der Waals surface area contributed by atoms with Crippen molar-refractivity contribution in [2.75, 3.05) is 26.9 Å². The van der Waals surface area contributed by atoms with Crippen molar-refractivity contribution in [3.05, 3.63) is 60.2 Å². The van der Waals surface area contributed by atoms with E-state index in [4.69, 9.17) is 14.2 Å². The van der Waals surface area contributed by atoms with Crippen LogP contribution in [0.4, 0.5) is 0 Å². The minimum Gasteiger partial charge on any atom is -0.493 e. The summed E-state index contributed by atoms with van der Waals surface area (Å²) >= 11 is 0. The molecule has 0 saturated heterocycles. The molecular formula is C19H23NO4. The summed E-state index contributed by atoms with van der Waals surface area (Å²) in [7, 11) is 1.57. The second-order valence-corrected chi connectivity index (χ2v) is 5.18. The van der Waals surface area contributed by atoms with Crippen LogP contribution in [0.15, 0.2) is 54.6 Å². The molecule has 2 rings (SSSR count). The molecule has 5 nitrogen and oxygen atoms in total. The molecule has 1 N–H and O–H groups in total. The maximum atomic E-state index is 11.8. The van der Waals surface area contributed by atoms with Crippen LogP contribution < -0.4 is 14.8 Å². The molecule has 5 heteroatoms. The highest BCUT2D eigenvalue weighted by Gasteiger charge is 2.06. The van der Waals surface area contributed by atoms with Crippen LogP contribution in [0.5, 0.6) is 11.5 Å². The molecule has 0 saturated carbocycles. The van der Waals surface area contributed by atoms with Gasteiger partial charge in [0.1, 0.15) is 0 Å². The Kier molecular flexibility index (Phi) is 7.63. The smallest absolute Gasteiger partial charge is 0.257 e. The Morgan fingerprint density at radius 2 is 1.71 bits per heavy atom. The Bertz CT molecular complexity index is 616. The van der Waals surface area contributed by atoms with Crippen molar-refractivity contribution in [2.24, 2.45) is 0 Å². The number of nitrogens with one attached hydrogen (secondary N) is 1. The third kappa shape index (κ3) is 6.30. The molecule has 0 spiro atoms. The summed E-state index contributed by atoms with van der Waals surface area (Å²) in [6.07, 6.45) is 0.757. The Morgan fingerprint density at radius 3 is 2.46 bits per heavy atom. The average Bonchev–Trinajstić information content (AvgIpc) is 2.64. The van der Waals surface area contributed by atoms with Gasteiger partial charge < -0.3 is 19.5 Å². The zero-order valence-electron chi connectivity index (χ0n) is 13.9. The minimum atomic E-state index is -0.163. The van der Waals surface area contributed by atoms with Crippen LogP contribution in [-0.2, 0) is 16.1 Å². The first-order valence-electron chi connectivity index (χ1n) is 7.94. The van der Waals surface area contributed by atoms with Gasteiger partial charge in [-0.3, -0.25) is 4.79 Å². The minimum absolute atomic E-state index is 0.0365. The number of carbonyl (C=O) groups is 1. The van der Waals surface area contributed by atoms with Gasteiger partial charge in [0, 0.05) is 13.2 Å². The number of hydrogen-bond donors (Lipinski definition) is 1. The lowest BCUT2D eigenvalue weighted by molar-refractivity contribution is -0.123. The van der Waals surface area contributed by atoms with Gasteiger partial charge in [0.2, 0.25) is 0 Å². The number of methoxy groups -OCH3 is 1. The SMILES string of the molecule is COc1ccccc1OCC(=O)NCCCOCc1ccccc1. The van der Waals surface area contributed by atoms with Gasteiger partial charge in [-0.2, -0.15) is 0 Å². The number of para-hydroxylation sites is 2. The van der Waals surface area contributed by atoms with Crippen molar-refractivity contribution >= 4 is 5.91 Å². The molecule has 0 heterocycles. The monoisotopic (exact) mass is 329 g/mol. The van der Waals surface area contributed by atoms with Gasteiger partial charge in [0.05, 0.1) is 13.7 Å². The summed E-state index contributed by atoms with van der Waals surface area (Å²) in [5, 5.41) is 2.80. The largest absolute Gasteiger partial charge is 0.493 e. The van der Waals surface area contributed by atoms with Crippen LogP contribution in [-0.4, -0.2) is 32.8 Å². The van der Waals surface area contributed by atoms with Crippen LogP contribution >= 0.6 is 0 Å². The number of ether oxygens (including phenoxy) is 3. The van der Waals surface area contributed by atoms with Gasteiger partial charge >= 0.3 is 0 Å². The topological polar surface area (TPSA) is 56.8 Å². The molecule has 0 aliphatic rings. The average molecular weight is 329 g/mol. The fourth-order valence-electron chi connectivity index (χ4n) is 2.10. The van der Waals surface area contributed by atoms with E-state index in [9.17, 15) is 4.79 Å². The molecule has 2 aromatic rings. The summed E-state index contributed by atoms with van der Waals surface area (Å²) < 4.78 is 16.2. The number of rotatable bonds is 10. The van der Waals surface area contributed by atoms with E-state index in [1.807, 2.05) is 42.5 Å². The molecule has 0 fully saturated rings. The van der Waals surface area contributed by atoms with E-state index in [1.165, 1.54) is 0 Å². The summed E-state index contributed by atoms with van der Waals surface area (Å²) in [5.74, 6) is 1.00. The van der Waals surface area contributed by atoms with E-state index in [-0.39, 0.29) is 12.5 Å². The fraction of sp³-hybridized carbons (Fsp3) is 0.316. The van der Waals surface area contributed by atoms with Crippen molar-refractivity contribution in [1.29, 1.82) is 0 Å². The Morgan fingerprint density at radius 1 is 1.00 bits per heavy atom. The number of benzene rings is 2. The summed E-state index contributed by atoms with van der Waals surface area (Å²) in [4.78, 5) is 11.8. The predicted octanol–water partition coefficient (Wildman–Crippen LogP) is 2.80. The quantitative estimate of drug-likeness (QED) is 0.681. The van der Waals surface area contributed by atoms with Crippen LogP contribution in [0.3, 0.4) is 0 Å². The van der Waals surface area contributed by atoms with Crippen molar-refractivity contribution in [3.63, 3.8) is 0 Å². The molecule has 0 aliphatic carbocycles. The van der Waals surface area contributed by atoms with Gasteiger partial charge in [-0.15, -0.1) is 0 Å². The molecule has 0 atom stereocenters. The van der Waals surface area contributed by atoms with E-state index >= 15 is 0 Å². The normalized spacial score (nSPS) is 10.2. The molecule has 0 radical (unpaired) electrons. The first-order valence-corrected chi connectivity index (χ1v) is 7.94. The molecule has 128 valence electrons. The van der Waals surface area contributed by atoms with E-state index in [0.717, 1.165) is 12.0 Å². The molecule has 2 aromatic carbocycles. The third-order valence-corrected chi connectivity index (χ3v) is 3.33. The predicted molar refractivity (Wildman–Crippen MR) is 92.2 cm³/mol. The van der Waals surface area contributed by atoms with Crippen LogP contribution in [0.25, 0.3) is 0 Å². The zero-order chi connectivity index (χ0) is 17.0. The van der Waals surface area contributed by atoms with E-state index < -0.39 is 0 Å². The molecule has 0 aliphatic heterocycles. The first kappa shape index (κ1) is 17.8. The van der Waals surface area contributed by atoms with Gasteiger partial charge in [-0.1, -0.05) is 42.5 Å². The third-order valence-electron chi connectivity index (χ3n) is 3.33. The van der Waals surface area contributed by atoms with Gasteiger partial charge in [-0.05, 0) is 24.1 Å². The van der Waals surface area contributed by atoms with Crippen LogP contribution in [0, 0.1) is 0 Å². The zero-order valence-corrected chi connectivity index (χ0v) is 13.9. The molecule has 0 bridgehead atoms. The van der Waals surface area contributed by atoms with Crippen molar-refractivity contribution in [2.45, 2.75) is 13.0 Å². The number of carbonyl (C=O) groups excluding carboxylic acids is 1. The van der Waals surface area contributed by atoms with Gasteiger partial charge in [-0.25, -0.2) is 0 Å². The lowest BCUT2D eigenvalue weighted by atomic mass is 10.2.